The molecule has 1 amide bonds. The molecular weight excluding hydrogens is 374 g/mol. The first kappa shape index (κ1) is 19.6. The topological polar surface area (TPSA) is 46.6 Å². The number of Topliss-reactive ketones (excluding diaryl/α,β-unsaturated/α-hetero) is 1. The summed E-state index contributed by atoms with van der Waals surface area (Å²) < 4.78 is 5.86. The van der Waals surface area contributed by atoms with Gasteiger partial charge in [-0.3, -0.25) is 9.59 Å². The van der Waals surface area contributed by atoms with Gasteiger partial charge in [-0.1, -0.05) is 42.5 Å². The van der Waals surface area contributed by atoms with Crippen molar-refractivity contribution in [1.82, 2.24) is 0 Å². The number of benzene rings is 3. The van der Waals surface area contributed by atoms with E-state index in [4.69, 9.17) is 4.74 Å². The lowest BCUT2D eigenvalue weighted by Crippen LogP contribution is -2.26. The molecule has 0 unspecified atom stereocenters. The van der Waals surface area contributed by atoms with Crippen LogP contribution in [-0.4, -0.2) is 18.2 Å². The standard InChI is InChI=1S/C26H23NO3/c1-19(28)22-11-12-25-23(17-22)14-15-27(25)26(29)13-10-20-8-5-9-24(16-20)30-18-21-6-3-2-4-7-21/h2-13,16-17H,14-15,18H2,1H3/b13-10+. The summed E-state index contributed by atoms with van der Waals surface area (Å²) in [6, 6.07) is 23.2. The Hall–Kier alpha value is -3.66. The minimum atomic E-state index is -0.0695. The third-order valence-corrected chi connectivity index (χ3v) is 5.17. The Balaban J connectivity index is 1.42. The number of carbonyl (C=O) groups excluding carboxylic acids is 2. The average Bonchev–Trinajstić information content (AvgIpc) is 3.20. The Kier molecular flexibility index (Phi) is 5.75. The zero-order chi connectivity index (χ0) is 20.9. The van der Waals surface area contributed by atoms with Crippen LogP contribution in [0.1, 0.15) is 34.0 Å². The maximum atomic E-state index is 12.7. The molecule has 0 spiro atoms. The van der Waals surface area contributed by atoms with Gasteiger partial charge in [-0.2, -0.15) is 0 Å². The van der Waals surface area contributed by atoms with Gasteiger partial charge in [0.05, 0.1) is 0 Å². The van der Waals surface area contributed by atoms with E-state index < -0.39 is 0 Å². The second-order valence-electron chi connectivity index (χ2n) is 7.32. The molecule has 3 aromatic carbocycles. The molecule has 4 rings (SSSR count). The van der Waals surface area contributed by atoms with Crippen LogP contribution in [0, 0.1) is 0 Å². The van der Waals surface area contributed by atoms with Crippen molar-refractivity contribution in [3.8, 4) is 5.75 Å². The molecule has 0 saturated carbocycles. The maximum Gasteiger partial charge on any atom is 0.251 e. The molecule has 150 valence electrons. The minimum absolute atomic E-state index is 0.0387. The van der Waals surface area contributed by atoms with Crippen molar-refractivity contribution in [3.05, 3.63) is 101 Å². The Morgan fingerprint density at radius 1 is 1.00 bits per heavy atom. The van der Waals surface area contributed by atoms with Crippen LogP contribution in [0.15, 0.2) is 78.9 Å². The van der Waals surface area contributed by atoms with Crippen molar-refractivity contribution in [2.75, 3.05) is 11.4 Å². The van der Waals surface area contributed by atoms with E-state index in [2.05, 4.69) is 0 Å². The van der Waals surface area contributed by atoms with Gasteiger partial charge in [-0.15, -0.1) is 0 Å². The number of rotatable bonds is 6. The van der Waals surface area contributed by atoms with E-state index in [1.54, 1.807) is 30.0 Å². The van der Waals surface area contributed by atoms with Crippen LogP contribution in [0.2, 0.25) is 0 Å². The molecule has 30 heavy (non-hydrogen) atoms. The number of carbonyl (C=O) groups is 2. The number of anilines is 1. The first-order chi connectivity index (χ1) is 14.6. The third kappa shape index (κ3) is 4.49. The van der Waals surface area contributed by atoms with E-state index in [0.29, 0.717) is 18.7 Å². The maximum absolute atomic E-state index is 12.7. The normalized spacial score (nSPS) is 12.8. The quantitative estimate of drug-likeness (QED) is 0.431. The molecule has 3 aromatic rings. The molecule has 0 aliphatic carbocycles. The van der Waals surface area contributed by atoms with Crippen molar-refractivity contribution in [1.29, 1.82) is 0 Å². The highest BCUT2D eigenvalue weighted by atomic mass is 16.5. The summed E-state index contributed by atoms with van der Waals surface area (Å²) in [6.07, 6.45) is 4.16. The van der Waals surface area contributed by atoms with Gasteiger partial charge in [-0.25, -0.2) is 0 Å². The van der Waals surface area contributed by atoms with Crippen molar-refractivity contribution >= 4 is 23.5 Å². The second-order valence-corrected chi connectivity index (χ2v) is 7.32. The van der Waals surface area contributed by atoms with E-state index >= 15 is 0 Å². The van der Waals surface area contributed by atoms with Crippen molar-refractivity contribution < 1.29 is 14.3 Å². The smallest absolute Gasteiger partial charge is 0.251 e. The van der Waals surface area contributed by atoms with Gasteiger partial charge in [0, 0.05) is 23.9 Å². The van der Waals surface area contributed by atoms with Crippen molar-refractivity contribution in [2.24, 2.45) is 0 Å². The monoisotopic (exact) mass is 397 g/mol. The molecule has 4 heteroatoms. The van der Waals surface area contributed by atoms with Crippen molar-refractivity contribution in [3.63, 3.8) is 0 Å². The first-order valence-corrected chi connectivity index (χ1v) is 10.0. The molecule has 0 N–H and O–H groups in total. The summed E-state index contributed by atoms with van der Waals surface area (Å²) in [7, 11) is 0. The summed E-state index contributed by atoms with van der Waals surface area (Å²) in [5.41, 5.74) is 4.62. The highest BCUT2D eigenvalue weighted by Crippen LogP contribution is 2.29. The Bertz CT molecular complexity index is 1100. The summed E-state index contributed by atoms with van der Waals surface area (Å²) in [5.74, 6) is 0.730. The SMILES string of the molecule is CC(=O)c1ccc2c(c1)CCN2C(=O)/C=C/c1cccc(OCc2ccccc2)c1. The fraction of sp³-hybridized carbons (Fsp3) is 0.154. The predicted molar refractivity (Wildman–Crippen MR) is 119 cm³/mol. The molecule has 0 atom stereocenters. The number of nitrogens with zero attached hydrogens (tertiary/aromatic N) is 1. The zero-order valence-corrected chi connectivity index (χ0v) is 16.9. The van der Waals surface area contributed by atoms with E-state index in [9.17, 15) is 9.59 Å². The van der Waals surface area contributed by atoms with Crippen LogP contribution in [-0.2, 0) is 17.8 Å². The highest BCUT2D eigenvalue weighted by molar-refractivity contribution is 6.05. The second kappa shape index (κ2) is 8.78. The van der Waals surface area contributed by atoms with E-state index in [1.165, 1.54) is 0 Å². The number of hydrogen-bond acceptors (Lipinski definition) is 3. The van der Waals surface area contributed by atoms with Crippen LogP contribution in [0.25, 0.3) is 6.08 Å². The molecule has 0 radical (unpaired) electrons. The largest absolute Gasteiger partial charge is 0.489 e. The Morgan fingerprint density at radius 2 is 1.83 bits per heavy atom. The molecule has 1 aliphatic heterocycles. The molecule has 0 saturated heterocycles. The van der Waals surface area contributed by atoms with Crippen LogP contribution in [0.3, 0.4) is 0 Å². The van der Waals surface area contributed by atoms with Gasteiger partial charge < -0.3 is 9.64 Å². The van der Waals surface area contributed by atoms with Crippen LogP contribution in [0.4, 0.5) is 5.69 Å². The van der Waals surface area contributed by atoms with Gasteiger partial charge >= 0.3 is 0 Å². The fourth-order valence-corrected chi connectivity index (χ4v) is 3.56. The zero-order valence-electron chi connectivity index (χ0n) is 16.9. The van der Waals surface area contributed by atoms with Crippen LogP contribution >= 0.6 is 0 Å². The number of ether oxygens (including phenoxy) is 1. The van der Waals surface area contributed by atoms with Gasteiger partial charge in [0.1, 0.15) is 12.4 Å². The average molecular weight is 397 g/mol. The summed E-state index contributed by atoms with van der Waals surface area (Å²) in [4.78, 5) is 26.1. The summed E-state index contributed by atoms with van der Waals surface area (Å²) >= 11 is 0. The number of fused-ring (bicyclic) bond motifs is 1. The Labute approximate surface area is 176 Å². The molecule has 0 fully saturated rings. The van der Waals surface area contributed by atoms with Crippen LogP contribution < -0.4 is 9.64 Å². The third-order valence-electron chi connectivity index (χ3n) is 5.17. The minimum Gasteiger partial charge on any atom is -0.489 e. The molecule has 0 aromatic heterocycles. The molecule has 0 bridgehead atoms. The van der Waals surface area contributed by atoms with E-state index in [0.717, 1.165) is 34.5 Å². The highest BCUT2D eigenvalue weighted by Gasteiger charge is 2.23. The lowest BCUT2D eigenvalue weighted by Gasteiger charge is -2.15. The number of ketones is 1. The molecular formula is C26H23NO3. The summed E-state index contributed by atoms with van der Waals surface area (Å²) in [5, 5.41) is 0. The van der Waals surface area contributed by atoms with Crippen LogP contribution in [0.5, 0.6) is 5.75 Å². The van der Waals surface area contributed by atoms with E-state index in [1.807, 2.05) is 66.7 Å². The molecule has 4 nitrogen and oxygen atoms in total. The fourth-order valence-electron chi connectivity index (χ4n) is 3.56. The van der Waals surface area contributed by atoms with Gasteiger partial charge in [-0.05, 0) is 66.4 Å². The number of hydrogen-bond donors (Lipinski definition) is 0. The first-order valence-electron chi connectivity index (χ1n) is 10.0. The Morgan fingerprint density at radius 3 is 2.63 bits per heavy atom. The number of amides is 1. The predicted octanol–water partition coefficient (Wildman–Crippen LogP) is 5.07. The molecule has 1 aliphatic rings. The van der Waals surface area contributed by atoms with Crippen molar-refractivity contribution in [2.45, 2.75) is 20.0 Å². The molecule has 1 heterocycles. The lowest BCUT2D eigenvalue weighted by molar-refractivity contribution is -0.114. The van der Waals surface area contributed by atoms with Gasteiger partial charge in [0.2, 0.25) is 0 Å². The van der Waals surface area contributed by atoms with Gasteiger partial charge in [0.25, 0.3) is 5.91 Å². The van der Waals surface area contributed by atoms with E-state index in [-0.39, 0.29) is 11.7 Å². The van der Waals surface area contributed by atoms with Gasteiger partial charge in [0.15, 0.2) is 5.78 Å². The summed E-state index contributed by atoms with van der Waals surface area (Å²) in [6.45, 7) is 2.68. The lowest BCUT2D eigenvalue weighted by atomic mass is 10.1.